The molecular weight excluding hydrogens is 310 g/mol. The minimum absolute atomic E-state index is 0.0413. The van der Waals surface area contributed by atoms with E-state index in [1.54, 1.807) is 4.90 Å². The summed E-state index contributed by atoms with van der Waals surface area (Å²) in [5, 5.41) is 0.369. The third-order valence-corrected chi connectivity index (χ3v) is 3.92. The van der Waals surface area contributed by atoms with Crippen LogP contribution in [0.25, 0.3) is 0 Å². The molecule has 0 N–H and O–H groups in total. The maximum absolute atomic E-state index is 12.0. The molecule has 0 fully saturated rings. The van der Waals surface area contributed by atoms with Crippen LogP contribution in [0.1, 0.15) is 47.5 Å². The number of hydrogen-bond donors (Lipinski definition) is 0. The first-order valence-corrected chi connectivity index (χ1v) is 7.96. The molecule has 112 valence electrons. The lowest BCUT2D eigenvalue weighted by Gasteiger charge is -2.29. The van der Waals surface area contributed by atoms with E-state index >= 15 is 0 Å². The van der Waals surface area contributed by atoms with Crippen molar-refractivity contribution >= 4 is 27.8 Å². The minimum atomic E-state index is -0.443. The molecule has 0 aromatic carbocycles. The normalized spacial score (nSPS) is 12.9. The number of halogens is 1. The monoisotopic (exact) mass is 335 g/mol. The SMILES string of the molecule is CCN(CCC(C)C(=O)CBr)C(=O)OC(C)(C)CC. The molecular formula is C14H26BrNO3. The number of ketones is 1. The lowest BCUT2D eigenvalue weighted by atomic mass is 10.0. The van der Waals surface area contributed by atoms with Crippen molar-refractivity contribution in [1.82, 2.24) is 4.90 Å². The molecule has 0 saturated heterocycles. The molecule has 0 saturated carbocycles. The van der Waals surface area contributed by atoms with E-state index in [0.29, 0.717) is 24.8 Å². The smallest absolute Gasteiger partial charge is 0.410 e. The molecule has 0 aliphatic carbocycles. The van der Waals surface area contributed by atoms with Crippen LogP contribution in [0.15, 0.2) is 0 Å². The topological polar surface area (TPSA) is 46.6 Å². The van der Waals surface area contributed by atoms with Gasteiger partial charge in [0.2, 0.25) is 0 Å². The molecule has 0 radical (unpaired) electrons. The molecule has 1 atom stereocenters. The predicted molar refractivity (Wildman–Crippen MR) is 80.7 cm³/mol. The van der Waals surface area contributed by atoms with E-state index in [1.165, 1.54) is 0 Å². The number of amides is 1. The summed E-state index contributed by atoms with van der Waals surface area (Å²) in [6, 6.07) is 0. The average molecular weight is 336 g/mol. The number of hydrogen-bond acceptors (Lipinski definition) is 3. The Hall–Kier alpha value is -0.580. The van der Waals surface area contributed by atoms with Crippen LogP contribution < -0.4 is 0 Å². The van der Waals surface area contributed by atoms with E-state index in [0.717, 1.165) is 6.42 Å². The summed E-state index contributed by atoms with van der Waals surface area (Å²) in [7, 11) is 0. The van der Waals surface area contributed by atoms with Crippen LogP contribution in [0.3, 0.4) is 0 Å². The predicted octanol–water partition coefficient (Wildman–Crippen LogP) is 3.62. The summed E-state index contributed by atoms with van der Waals surface area (Å²) in [4.78, 5) is 25.1. The van der Waals surface area contributed by atoms with Gasteiger partial charge in [-0.15, -0.1) is 0 Å². The highest BCUT2D eigenvalue weighted by atomic mass is 79.9. The van der Waals surface area contributed by atoms with Gasteiger partial charge in [-0.3, -0.25) is 4.79 Å². The zero-order chi connectivity index (χ0) is 15.1. The number of carbonyl (C=O) groups excluding carboxylic acids is 2. The minimum Gasteiger partial charge on any atom is -0.443 e. The van der Waals surface area contributed by atoms with Crippen molar-refractivity contribution in [3.05, 3.63) is 0 Å². The van der Waals surface area contributed by atoms with Gasteiger partial charge >= 0.3 is 6.09 Å². The molecule has 5 heteroatoms. The quantitative estimate of drug-likeness (QED) is 0.636. The number of carbonyl (C=O) groups is 2. The van der Waals surface area contributed by atoms with Crippen molar-refractivity contribution in [3.8, 4) is 0 Å². The highest BCUT2D eigenvalue weighted by Gasteiger charge is 2.24. The van der Waals surface area contributed by atoms with Crippen LogP contribution in [0.2, 0.25) is 0 Å². The van der Waals surface area contributed by atoms with Gasteiger partial charge in [0.25, 0.3) is 0 Å². The average Bonchev–Trinajstić information content (AvgIpc) is 2.37. The Morgan fingerprint density at radius 2 is 1.89 bits per heavy atom. The van der Waals surface area contributed by atoms with E-state index < -0.39 is 5.60 Å². The van der Waals surface area contributed by atoms with Crippen LogP contribution in [0.4, 0.5) is 4.79 Å². The summed E-state index contributed by atoms with van der Waals surface area (Å²) in [5.74, 6) is 0.124. The maximum Gasteiger partial charge on any atom is 0.410 e. The van der Waals surface area contributed by atoms with Crippen molar-refractivity contribution in [1.29, 1.82) is 0 Å². The van der Waals surface area contributed by atoms with Crippen molar-refractivity contribution in [3.63, 3.8) is 0 Å². The molecule has 4 nitrogen and oxygen atoms in total. The lowest BCUT2D eigenvalue weighted by molar-refractivity contribution is -0.120. The highest BCUT2D eigenvalue weighted by Crippen LogP contribution is 2.16. The molecule has 0 bridgehead atoms. The standard InChI is InChI=1S/C14H26BrNO3/c1-6-14(4,5)19-13(18)16(7-2)9-8-11(3)12(17)10-15/h11H,6-10H2,1-5H3. The third-order valence-electron chi connectivity index (χ3n) is 3.37. The molecule has 0 spiro atoms. The summed E-state index contributed by atoms with van der Waals surface area (Å²) >= 11 is 3.16. The Balaban J connectivity index is 4.35. The first-order chi connectivity index (χ1) is 8.77. The summed E-state index contributed by atoms with van der Waals surface area (Å²) in [5.41, 5.74) is -0.443. The Bertz CT molecular complexity index is 305. The highest BCUT2D eigenvalue weighted by molar-refractivity contribution is 9.09. The Labute approximate surface area is 125 Å². The molecule has 0 aromatic rings. The zero-order valence-corrected chi connectivity index (χ0v) is 14.2. The molecule has 0 aromatic heterocycles. The van der Waals surface area contributed by atoms with Crippen molar-refractivity contribution in [2.24, 2.45) is 5.92 Å². The van der Waals surface area contributed by atoms with Crippen molar-refractivity contribution < 1.29 is 14.3 Å². The zero-order valence-electron chi connectivity index (χ0n) is 12.7. The van der Waals surface area contributed by atoms with Gasteiger partial charge in [-0.1, -0.05) is 29.8 Å². The van der Waals surface area contributed by atoms with Gasteiger partial charge in [0, 0.05) is 19.0 Å². The van der Waals surface area contributed by atoms with E-state index in [2.05, 4.69) is 15.9 Å². The van der Waals surface area contributed by atoms with E-state index in [-0.39, 0.29) is 17.8 Å². The fourth-order valence-electron chi connectivity index (χ4n) is 1.39. The maximum atomic E-state index is 12.0. The molecule has 0 aliphatic rings. The summed E-state index contributed by atoms with van der Waals surface area (Å²) in [6.07, 6.45) is 1.14. The second-order valence-corrected chi connectivity index (χ2v) is 5.91. The first-order valence-electron chi connectivity index (χ1n) is 6.84. The molecule has 0 aliphatic heterocycles. The number of ether oxygens (including phenoxy) is 1. The summed E-state index contributed by atoms with van der Waals surface area (Å²) < 4.78 is 5.45. The van der Waals surface area contributed by atoms with Gasteiger partial charge in [-0.25, -0.2) is 4.79 Å². The third kappa shape index (κ3) is 6.95. The fraction of sp³-hybridized carbons (Fsp3) is 0.857. The van der Waals surface area contributed by atoms with E-state index in [4.69, 9.17) is 4.74 Å². The number of nitrogens with zero attached hydrogens (tertiary/aromatic N) is 1. The van der Waals surface area contributed by atoms with E-state index in [9.17, 15) is 9.59 Å². The van der Waals surface area contributed by atoms with Crippen molar-refractivity contribution in [2.75, 3.05) is 18.4 Å². The van der Waals surface area contributed by atoms with Crippen LogP contribution in [-0.2, 0) is 9.53 Å². The summed E-state index contributed by atoms with van der Waals surface area (Å²) in [6.45, 7) is 10.7. The number of Topliss-reactive ketones (excluding diaryl/α,β-unsaturated/α-hetero) is 1. The van der Waals surface area contributed by atoms with Gasteiger partial charge in [0.05, 0.1) is 5.33 Å². The van der Waals surface area contributed by atoms with Gasteiger partial charge < -0.3 is 9.64 Å². The Kier molecular flexibility index (Phi) is 8.30. The molecule has 19 heavy (non-hydrogen) atoms. The lowest BCUT2D eigenvalue weighted by Crippen LogP contribution is -2.39. The Morgan fingerprint density at radius 3 is 2.32 bits per heavy atom. The number of rotatable bonds is 8. The van der Waals surface area contributed by atoms with Gasteiger partial charge in [0.15, 0.2) is 0 Å². The molecule has 0 heterocycles. The fourth-order valence-corrected chi connectivity index (χ4v) is 1.95. The van der Waals surface area contributed by atoms with Gasteiger partial charge in [-0.05, 0) is 33.6 Å². The van der Waals surface area contributed by atoms with E-state index in [1.807, 2.05) is 34.6 Å². The number of alkyl halides is 1. The molecule has 0 rings (SSSR count). The van der Waals surface area contributed by atoms with Crippen LogP contribution in [0.5, 0.6) is 0 Å². The Morgan fingerprint density at radius 1 is 1.32 bits per heavy atom. The van der Waals surface area contributed by atoms with Gasteiger partial charge in [0.1, 0.15) is 11.4 Å². The van der Waals surface area contributed by atoms with Crippen LogP contribution >= 0.6 is 15.9 Å². The van der Waals surface area contributed by atoms with Gasteiger partial charge in [-0.2, -0.15) is 0 Å². The molecule has 1 amide bonds. The molecule has 1 unspecified atom stereocenters. The largest absolute Gasteiger partial charge is 0.443 e. The second kappa shape index (κ2) is 8.56. The van der Waals surface area contributed by atoms with Crippen LogP contribution in [-0.4, -0.2) is 40.8 Å². The second-order valence-electron chi connectivity index (χ2n) is 5.35. The van der Waals surface area contributed by atoms with Crippen LogP contribution in [0, 0.1) is 5.92 Å². The van der Waals surface area contributed by atoms with Crippen molar-refractivity contribution in [2.45, 2.75) is 53.1 Å². The first kappa shape index (κ1) is 18.4.